The molecule has 1 fully saturated rings. The van der Waals surface area contributed by atoms with Crippen molar-refractivity contribution in [3.05, 3.63) is 30.1 Å². The average molecular weight is 319 g/mol. The van der Waals surface area contributed by atoms with Gasteiger partial charge in [-0.3, -0.25) is 4.79 Å². The van der Waals surface area contributed by atoms with Crippen LogP contribution < -0.4 is 10.3 Å². The minimum Gasteiger partial charge on any atom is -0.457 e. The maximum Gasteiger partial charge on any atom is 0.372 e. The van der Waals surface area contributed by atoms with Crippen molar-refractivity contribution in [2.24, 2.45) is 23.5 Å². The maximum atomic E-state index is 12.3. The van der Waals surface area contributed by atoms with Gasteiger partial charge < -0.3 is 10.5 Å². The van der Waals surface area contributed by atoms with Gasteiger partial charge in [-0.05, 0) is 36.7 Å². The molecule has 0 radical (unpaired) electrons. The number of esters is 1. The fourth-order valence-electron chi connectivity index (χ4n) is 3.37. The van der Waals surface area contributed by atoms with Crippen LogP contribution in [0.5, 0.6) is 0 Å². The molecule has 3 atom stereocenters. The molecule has 0 spiro atoms. The van der Waals surface area contributed by atoms with Crippen molar-refractivity contribution in [2.45, 2.75) is 52.7 Å². The van der Waals surface area contributed by atoms with Crippen LogP contribution in [0.1, 0.15) is 50.4 Å². The molecule has 0 aromatic carbocycles. The summed E-state index contributed by atoms with van der Waals surface area (Å²) in [6.45, 7) is 6.68. The number of rotatable bonds is 5. The smallest absolute Gasteiger partial charge is 0.372 e. The Kier molecular flexibility index (Phi) is 5.74. The molecule has 0 aliphatic heterocycles. The molecule has 2 N–H and O–H groups in total. The lowest BCUT2D eigenvalue weighted by atomic mass is 9.75. The largest absolute Gasteiger partial charge is 0.457 e. The number of nitrogens with zero attached hydrogens (tertiary/aromatic N) is 1. The molecule has 1 aliphatic carbocycles. The topological polar surface area (TPSA) is 73.3 Å². The number of ether oxygens (including phenoxy) is 1. The van der Waals surface area contributed by atoms with Crippen molar-refractivity contribution >= 4 is 11.9 Å². The second kappa shape index (κ2) is 7.57. The van der Waals surface area contributed by atoms with E-state index in [1.807, 2.05) is 0 Å². The zero-order valence-electron chi connectivity index (χ0n) is 14.2. The van der Waals surface area contributed by atoms with E-state index in [0.29, 0.717) is 23.3 Å². The van der Waals surface area contributed by atoms with Crippen LogP contribution in [0.15, 0.2) is 24.5 Å². The lowest BCUT2D eigenvalue weighted by Crippen LogP contribution is -2.42. The number of pyridine rings is 1. The van der Waals surface area contributed by atoms with Gasteiger partial charge >= 0.3 is 5.97 Å². The predicted molar refractivity (Wildman–Crippen MR) is 86.4 cm³/mol. The van der Waals surface area contributed by atoms with Gasteiger partial charge in [-0.2, -0.15) is 4.57 Å². The van der Waals surface area contributed by atoms with Crippen molar-refractivity contribution in [1.82, 2.24) is 0 Å². The highest BCUT2D eigenvalue weighted by Crippen LogP contribution is 2.35. The summed E-state index contributed by atoms with van der Waals surface area (Å²) in [5.74, 6) is 0.756. The predicted octanol–water partition coefficient (Wildman–Crippen LogP) is 2.08. The Balaban J connectivity index is 2.00. The first-order valence-corrected chi connectivity index (χ1v) is 8.35. The molecule has 5 heteroatoms. The third-order valence-corrected chi connectivity index (χ3v) is 4.70. The standard InChI is InChI=1S/C18H26N2O3/c1-12(2)15-7-6-13(3)9-16(15)23-17(21)11-20-8-4-5-14(10-20)18(19)22/h4-5,8,10,12-13,15-16H,6-7,9,11H2,1-3H3,(H-,19,22)/p+1/t13-,15-,16+/m1/s1. The van der Waals surface area contributed by atoms with Gasteiger partial charge in [0, 0.05) is 6.07 Å². The van der Waals surface area contributed by atoms with Crippen LogP contribution in [0.3, 0.4) is 0 Å². The van der Waals surface area contributed by atoms with Crippen LogP contribution in [0.2, 0.25) is 0 Å². The summed E-state index contributed by atoms with van der Waals surface area (Å²) in [7, 11) is 0. The molecule has 23 heavy (non-hydrogen) atoms. The van der Waals surface area contributed by atoms with Crippen LogP contribution in [0, 0.1) is 17.8 Å². The van der Waals surface area contributed by atoms with Gasteiger partial charge in [-0.15, -0.1) is 0 Å². The Morgan fingerprint density at radius 2 is 2.13 bits per heavy atom. The van der Waals surface area contributed by atoms with Crippen molar-refractivity contribution in [3.63, 3.8) is 0 Å². The first-order chi connectivity index (χ1) is 10.9. The molecule has 1 aromatic heterocycles. The molecule has 0 unspecified atom stereocenters. The summed E-state index contributed by atoms with van der Waals surface area (Å²) in [5, 5.41) is 0. The van der Waals surface area contributed by atoms with E-state index in [2.05, 4.69) is 20.8 Å². The summed E-state index contributed by atoms with van der Waals surface area (Å²) in [6.07, 6.45) is 6.55. The fraction of sp³-hybridized carbons (Fsp3) is 0.611. The van der Waals surface area contributed by atoms with Crippen LogP contribution in [0.25, 0.3) is 0 Å². The highest BCUT2D eigenvalue weighted by atomic mass is 16.5. The molecular weight excluding hydrogens is 292 g/mol. The minimum atomic E-state index is -0.506. The van der Waals surface area contributed by atoms with Crippen molar-refractivity contribution in [3.8, 4) is 0 Å². The van der Waals surface area contributed by atoms with Crippen molar-refractivity contribution < 1.29 is 18.9 Å². The summed E-state index contributed by atoms with van der Waals surface area (Å²) in [5.41, 5.74) is 5.64. The second-order valence-electron chi connectivity index (χ2n) is 6.98. The lowest BCUT2D eigenvalue weighted by molar-refractivity contribution is -0.686. The van der Waals surface area contributed by atoms with E-state index in [4.69, 9.17) is 10.5 Å². The van der Waals surface area contributed by atoms with E-state index < -0.39 is 5.91 Å². The quantitative estimate of drug-likeness (QED) is 0.667. The lowest BCUT2D eigenvalue weighted by Gasteiger charge is -2.36. The number of hydrogen-bond donors (Lipinski definition) is 1. The SMILES string of the molecule is CC(C)[C@H]1CC[C@@H](C)C[C@@H]1OC(=O)C[n+]1cccc(C(N)=O)c1. The summed E-state index contributed by atoms with van der Waals surface area (Å²) < 4.78 is 7.40. The first-order valence-electron chi connectivity index (χ1n) is 8.35. The molecule has 0 bridgehead atoms. The van der Waals surface area contributed by atoms with Gasteiger partial charge in [0.1, 0.15) is 11.7 Å². The maximum absolute atomic E-state index is 12.3. The molecule has 126 valence electrons. The first kappa shape index (κ1) is 17.4. The van der Waals surface area contributed by atoms with Crippen LogP contribution >= 0.6 is 0 Å². The van der Waals surface area contributed by atoms with Crippen LogP contribution in [0.4, 0.5) is 0 Å². The third-order valence-electron chi connectivity index (χ3n) is 4.70. The number of hydrogen-bond acceptors (Lipinski definition) is 3. The van der Waals surface area contributed by atoms with Gasteiger partial charge in [-0.25, -0.2) is 4.79 Å². The Morgan fingerprint density at radius 3 is 2.78 bits per heavy atom. The van der Waals surface area contributed by atoms with Gasteiger partial charge in [0.25, 0.3) is 5.91 Å². The second-order valence-corrected chi connectivity index (χ2v) is 6.98. The molecular formula is C18H27N2O3+. The van der Waals surface area contributed by atoms with E-state index in [1.54, 1.807) is 29.1 Å². The van der Waals surface area contributed by atoms with E-state index in [1.165, 1.54) is 6.42 Å². The zero-order chi connectivity index (χ0) is 17.0. The monoisotopic (exact) mass is 319 g/mol. The highest BCUT2D eigenvalue weighted by Gasteiger charge is 2.33. The Labute approximate surface area is 137 Å². The van der Waals surface area contributed by atoms with Crippen LogP contribution in [-0.2, 0) is 16.1 Å². The molecule has 2 rings (SSSR count). The van der Waals surface area contributed by atoms with Gasteiger partial charge in [0.2, 0.25) is 6.54 Å². The molecule has 1 aliphatic rings. The fourth-order valence-corrected chi connectivity index (χ4v) is 3.37. The van der Waals surface area contributed by atoms with E-state index in [0.717, 1.165) is 12.8 Å². The number of nitrogens with two attached hydrogens (primary N) is 1. The molecule has 1 amide bonds. The number of aromatic nitrogens is 1. The summed E-state index contributed by atoms with van der Waals surface area (Å²) in [6, 6.07) is 3.33. The van der Waals surface area contributed by atoms with E-state index in [-0.39, 0.29) is 18.6 Å². The minimum absolute atomic E-state index is 0.00817. The van der Waals surface area contributed by atoms with Crippen molar-refractivity contribution in [1.29, 1.82) is 0 Å². The third kappa shape index (κ3) is 4.78. The molecule has 5 nitrogen and oxygen atoms in total. The molecule has 1 heterocycles. The summed E-state index contributed by atoms with van der Waals surface area (Å²) >= 11 is 0. The Morgan fingerprint density at radius 1 is 1.39 bits per heavy atom. The van der Waals surface area contributed by atoms with Crippen LogP contribution in [-0.4, -0.2) is 18.0 Å². The number of carbonyl (C=O) groups is 2. The Hall–Kier alpha value is -1.91. The van der Waals surface area contributed by atoms with Gasteiger partial charge in [0.05, 0.1) is 0 Å². The number of primary amides is 1. The number of amides is 1. The van der Waals surface area contributed by atoms with E-state index >= 15 is 0 Å². The summed E-state index contributed by atoms with van der Waals surface area (Å²) in [4.78, 5) is 23.5. The zero-order valence-corrected chi connectivity index (χ0v) is 14.2. The van der Waals surface area contributed by atoms with Crippen molar-refractivity contribution in [2.75, 3.05) is 0 Å². The molecule has 1 saturated carbocycles. The highest BCUT2D eigenvalue weighted by molar-refractivity contribution is 5.92. The normalized spacial score (nSPS) is 24.4. The average Bonchev–Trinajstić information content (AvgIpc) is 2.47. The Bertz CT molecular complexity index is 571. The van der Waals surface area contributed by atoms with Gasteiger partial charge in [-0.1, -0.05) is 27.2 Å². The van der Waals surface area contributed by atoms with E-state index in [9.17, 15) is 9.59 Å². The molecule has 0 saturated heterocycles. The number of carbonyl (C=O) groups excluding carboxylic acids is 2. The van der Waals surface area contributed by atoms with Gasteiger partial charge in [0.15, 0.2) is 12.4 Å². The molecule has 1 aromatic rings.